The third kappa shape index (κ3) is 2.37. The van der Waals surface area contributed by atoms with Gasteiger partial charge in [-0.3, -0.25) is 0 Å². The summed E-state index contributed by atoms with van der Waals surface area (Å²) in [6, 6.07) is 6.08. The first-order valence-corrected chi connectivity index (χ1v) is 7.17. The van der Waals surface area contributed by atoms with Crippen LogP contribution < -0.4 is 0 Å². The maximum atomic E-state index is 12.8. The number of piperidine rings is 1. The van der Waals surface area contributed by atoms with Gasteiger partial charge in [-0.2, -0.15) is 9.57 Å². The lowest BCUT2D eigenvalue weighted by Crippen LogP contribution is -2.42. The molecule has 1 aliphatic rings. The lowest BCUT2D eigenvalue weighted by Gasteiger charge is -2.30. The van der Waals surface area contributed by atoms with Crippen LogP contribution in [0.2, 0.25) is 0 Å². The standard InChI is InChI=1S/C12H13FN2O2S/c13-10-4-6-12(7-5-10)18(16,17)15-8-2-1-3-11(15)9-14/h4-7,11H,1-3,8H2/t11-/m0/s1. The van der Waals surface area contributed by atoms with Gasteiger partial charge in [-0.05, 0) is 43.5 Å². The lowest BCUT2D eigenvalue weighted by molar-refractivity contribution is 0.297. The van der Waals surface area contributed by atoms with Crippen LogP contribution in [-0.2, 0) is 10.0 Å². The predicted molar refractivity (Wildman–Crippen MR) is 63.5 cm³/mol. The van der Waals surface area contributed by atoms with E-state index in [1.54, 1.807) is 0 Å². The van der Waals surface area contributed by atoms with Crippen LogP contribution in [-0.4, -0.2) is 25.3 Å². The molecule has 0 unspecified atom stereocenters. The number of sulfonamides is 1. The third-order valence-corrected chi connectivity index (χ3v) is 4.95. The van der Waals surface area contributed by atoms with Crippen LogP contribution in [0.3, 0.4) is 0 Å². The molecule has 0 spiro atoms. The molecule has 6 heteroatoms. The van der Waals surface area contributed by atoms with E-state index in [0.29, 0.717) is 13.0 Å². The Labute approximate surface area is 106 Å². The van der Waals surface area contributed by atoms with Gasteiger partial charge in [-0.25, -0.2) is 12.8 Å². The fourth-order valence-corrected chi connectivity index (χ4v) is 3.67. The highest BCUT2D eigenvalue weighted by atomic mass is 32.2. The van der Waals surface area contributed by atoms with Crippen molar-refractivity contribution in [1.29, 1.82) is 5.26 Å². The van der Waals surface area contributed by atoms with Crippen molar-refractivity contribution in [2.75, 3.05) is 6.54 Å². The van der Waals surface area contributed by atoms with Gasteiger partial charge in [0.1, 0.15) is 11.9 Å². The molecule has 0 aromatic heterocycles. The van der Waals surface area contributed by atoms with Gasteiger partial charge in [0.15, 0.2) is 0 Å². The highest BCUT2D eigenvalue weighted by Crippen LogP contribution is 2.24. The molecule has 1 aliphatic heterocycles. The summed E-state index contributed by atoms with van der Waals surface area (Å²) in [7, 11) is -3.70. The maximum absolute atomic E-state index is 12.8. The first-order valence-electron chi connectivity index (χ1n) is 5.73. The van der Waals surface area contributed by atoms with Crippen molar-refractivity contribution in [2.24, 2.45) is 0 Å². The quantitative estimate of drug-likeness (QED) is 0.823. The largest absolute Gasteiger partial charge is 0.244 e. The van der Waals surface area contributed by atoms with Gasteiger partial charge in [-0.15, -0.1) is 0 Å². The van der Waals surface area contributed by atoms with Crippen LogP contribution in [0.25, 0.3) is 0 Å². The molecule has 0 amide bonds. The maximum Gasteiger partial charge on any atom is 0.244 e. The monoisotopic (exact) mass is 268 g/mol. The van der Waals surface area contributed by atoms with Gasteiger partial charge < -0.3 is 0 Å². The predicted octanol–water partition coefficient (Wildman–Crippen LogP) is 1.89. The minimum absolute atomic E-state index is 0.0334. The van der Waals surface area contributed by atoms with Crippen molar-refractivity contribution in [3.63, 3.8) is 0 Å². The number of nitrogens with zero attached hydrogens (tertiary/aromatic N) is 2. The topological polar surface area (TPSA) is 61.2 Å². The molecular formula is C12H13FN2O2S. The second-order valence-electron chi connectivity index (χ2n) is 4.21. The molecule has 0 N–H and O–H groups in total. The molecule has 1 fully saturated rings. The zero-order valence-electron chi connectivity index (χ0n) is 9.71. The molecule has 0 bridgehead atoms. The van der Waals surface area contributed by atoms with E-state index in [1.807, 2.05) is 6.07 Å². The Morgan fingerprint density at radius 3 is 2.56 bits per heavy atom. The van der Waals surface area contributed by atoms with Crippen molar-refractivity contribution in [3.05, 3.63) is 30.1 Å². The van der Waals surface area contributed by atoms with Crippen LogP contribution in [0.15, 0.2) is 29.2 Å². The van der Waals surface area contributed by atoms with Gasteiger partial charge in [0.25, 0.3) is 0 Å². The highest BCUT2D eigenvalue weighted by Gasteiger charge is 2.33. The smallest absolute Gasteiger partial charge is 0.207 e. The van der Waals surface area contributed by atoms with E-state index in [0.717, 1.165) is 25.0 Å². The zero-order chi connectivity index (χ0) is 13.2. The number of rotatable bonds is 2. The second kappa shape index (κ2) is 5.04. The minimum Gasteiger partial charge on any atom is -0.207 e. The Morgan fingerprint density at radius 2 is 1.94 bits per heavy atom. The van der Waals surface area contributed by atoms with E-state index in [4.69, 9.17) is 5.26 Å². The summed E-state index contributed by atoms with van der Waals surface area (Å²) in [5.41, 5.74) is 0. The minimum atomic E-state index is -3.70. The summed E-state index contributed by atoms with van der Waals surface area (Å²) >= 11 is 0. The van der Waals surface area contributed by atoms with Crippen molar-refractivity contribution >= 4 is 10.0 Å². The number of nitriles is 1. The highest BCUT2D eigenvalue weighted by molar-refractivity contribution is 7.89. The molecule has 0 radical (unpaired) electrons. The van der Waals surface area contributed by atoms with Crippen molar-refractivity contribution in [3.8, 4) is 6.07 Å². The zero-order valence-corrected chi connectivity index (χ0v) is 10.5. The summed E-state index contributed by atoms with van der Waals surface area (Å²) in [5.74, 6) is -0.482. The van der Waals surface area contributed by atoms with Crippen molar-refractivity contribution in [2.45, 2.75) is 30.2 Å². The molecule has 1 aromatic carbocycles. The van der Waals surface area contributed by atoms with E-state index < -0.39 is 21.9 Å². The van der Waals surface area contributed by atoms with Gasteiger partial charge in [0.05, 0.1) is 11.0 Å². The molecule has 1 aromatic rings. The van der Waals surface area contributed by atoms with Gasteiger partial charge in [0.2, 0.25) is 10.0 Å². The summed E-state index contributed by atoms with van der Waals surface area (Å²) in [5, 5.41) is 9.00. The summed E-state index contributed by atoms with van der Waals surface area (Å²) in [4.78, 5) is 0.0334. The fourth-order valence-electron chi connectivity index (χ4n) is 2.06. The fraction of sp³-hybridized carbons (Fsp3) is 0.417. The molecule has 1 saturated heterocycles. The van der Waals surface area contributed by atoms with Gasteiger partial charge in [-0.1, -0.05) is 0 Å². The van der Waals surface area contributed by atoms with E-state index >= 15 is 0 Å². The number of halogens is 1. The molecule has 1 atom stereocenters. The van der Waals surface area contributed by atoms with Crippen LogP contribution in [0, 0.1) is 17.1 Å². The van der Waals surface area contributed by atoms with E-state index in [-0.39, 0.29) is 4.90 Å². The molecule has 4 nitrogen and oxygen atoms in total. The second-order valence-corrected chi connectivity index (χ2v) is 6.10. The average Bonchev–Trinajstić information content (AvgIpc) is 2.39. The van der Waals surface area contributed by atoms with Crippen LogP contribution in [0.5, 0.6) is 0 Å². The molecule has 18 heavy (non-hydrogen) atoms. The Bertz CT molecular complexity index is 563. The Morgan fingerprint density at radius 1 is 1.28 bits per heavy atom. The summed E-state index contributed by atoms with van der Waals surface area (Å²) in [6.45, 7) is 0.345. The molecule has 1 heterocycles. The van der Waals surface area contributed by atoms with E-state index in [2.05, 4.69) is 0 Å². The molecule has 96 valence electrons. The molecule has 2 rings (SSSR count). The molecule has 0 aliphatic carbocycles. The Kier molecular flexibility index (Phi) is 3.64. The van der Waals surface area contributed by atoms with Crippen molar-refractivity contribution in [1.82, 2.24) is 4.31 Å². The first kappa shape index (κ1) is 13.0. The lowest BCUT2D eigenvalue weighted by atomic mass is 10.1. The van der Waals surface area contributed by atoms with E-state index in [1.165, 1.54) is 16.4 Å². The normalized spacial score (nSPS) is 21.4. The number of benzene rings is 1. The van der Waals surface area contributed by atoms with Gasteiger partial charge in [0, 0.05) is 6.54 Å². The van der Waals surface area contributed by atoms with E-state index in [9.17, 15) is 12.8 Å². The van der Waals surface area contributed by atoms with Crippen molar-refractivity contribution < 1.29 is 12.8 Å². The summed E-state index contributed by atoms with van der Waals surface area (Å²) in [6.07, 6.45) is 2.16. The van der Waals surface area contributed by atoms with Crippen LogP contribution in [0.4, 0.5) is 4.39 Å². The first-order chi connectivity index (χ1) is 8.55. The van der Waals surface area contributed by atoms with Crippen LogP contribution >= 0.6 is 0 Å². The molecule has 0 saturated carbocycles. The Balaban J connectivity index is 2.35. The SMILES string of the molecule is N#C[C@@H]1CCCCN1S(=O)(=O)c1ccc(F)cc1. The Hall–Kier alpha value is -1.45. The third-order valence-electron chi connectivity index (χ3n) is 3.02. The van der Waals surface area contributed by atoms with Gasteiger partial charge >= 0.3 is 0 Å². The van der Waals surface area contributed by atoms with Crippen LogP contribution in [0.1, 0.15) is 19.3 Å². The average molecular weight is 268 g/mol. The molecular weight excluding hydrogens is 255 g/mol. The number of hydrogen-bond acceptors (Lipinski definition) is 3. The number of hydrogen-bond donors (Lipinski definition) is 0. The summed E-state index contributed by atoms with van der Waals surface area (Å²) < 4.78 is 38.7.